The molecule has 94 valence electrons. The molecule has 1 heterocycles. The molecule has 0 spiro atoms. The van der Waals surface area contributed by atoms with Gasteiger partial charge >= 0.3 is 0 Å². The predicted molar refractivity (Wildman–Crippen MR) is 72.6 cm³/mol. The van der Waals surface area contributed by atoms with E-state index in [2.05, 4.69) is 9.97 Å². The van der Waals surface area contributed by atoms with Gasteiger partial charge in [0.25, 0.3) is 0 Å². The molecule has 0 unspecified atom stereocenters. The molecule has 2 rings (SSSR count). The van der Waals surface area contributed by atoms with E-state index in [1.54, 1.807) is 24.3 Å². The first-order chi connectivity index (χ1) is 8.56. The summed E-state index contributed by atoms with van der Waals surface area (Å²) >= 11 is 17.7. The fourth-order valence-corrected chi connectivity index (χ4v) is 1.99. The molecule has 0 atom stereocenters. The Morgan fingerprint density at radius 1 is 1.17 bits per heavy atom. The molecule has 1 aromatic carbocycles. The predicted octanol–water partition coefficient (Wildman–Crippen LogP) is 4.32. The average molecular weight is 304 g/mol. The molecule has 2 aromatic rings. The summed E-state index contributed by atoms with van der Waals surface area (Å²) in [6.45, 7) is 2.02. The van der Waals surface area contributed by atoms with Crippen molar-refractivity contribution in [2.75, 3.05) is 0 Å². The Morgan fingerprint density at radius 3 is 2.67 bits per heavy atom. The van der Waals surface area contributed by atoms with Gasteiger partial charge in [-0.25, -0.2) is 9.97 Å². The highest BCUT2D eigenvalue weighted by atomic mass is 35.5. The second-order valence-electron chi connectivity index (χ2n) is 3.59. The third-order valence-electron chi connectivity index (χ3n) is 2.14. The number of rotatable bonds is 3. The Bertz CT molecular complexity index is 555. The maximum Gasteiger partial charge on any atom is 0.167 e. The summed E-state index contributed by atoms with van der Waals surface area (Å²) in [5, 5.41) is 1.20. The van der Waals surface area contributed by atoms with Crippen LogP contribution in [0, 0.1) is 6.92 Å². The van der Waals surface area contributed by atoms with Crippen molar-refractivity contribution in [3.8, 4) is 5.75 Å². The van der Waals surface area contributed by atoms with Crippen molar-refractivity contribution in [1.29, 1.82) is 0 Å². The minimum Gasteiger partial charge on any atom is -0.484 e. The normalized spacial score (nSPS) is 10.4. The van der Waals surface area contributed by atoms with Crippen LogP contribution in [0.3, 0.4) is 0 Å². The Kier molecular flexibility index (Phi) is 4.27. The van der Waals surface area contributed by atoms with E-state index in [-0.39, 0.29) is 6.61 Å². The smallest absolute Gasteiger partial charge is 0.167 e. The topological polar surface area (TPSA) is 35.0 Å². The van der Waals surface area contributed by atoms with E-state index in [0.717, 1.165) is 5.69 Å². The largest absolute Gasteiger partial charge is 0.484 e. The fraction of sp³-hybridized carbons (Fsp3) is 0.167. The molecule has 0 aliphatic rings. The van der Waals surface area contributed by atoms with Crippen LogP contribution in [0.25, 0.3) is 0 Å². The van der Waals surface area contributed by atoms with E-state index < -0.39 is 0 Å². The molecule has 1 aromatic heterocycles. The molecular formula is C12H9Cl3N2O. The van der Waals surface area contributed by atoms with Crippen molar-refractivity contribution in [2.45, 2.75) is 13.5 Å². The van der Waals surface area contributed by atoms with Crippen molar-refractivity contribution in [3.63, 3.8) is 0 Å². The number of nitrogens with zero attached hydrogens (tertiary/aromatic N) is 2. The van der Waals surface area contributed by atoms with Crippen LogP contribution in [0.4, 0.5) is 0 Å². The van der Waals surface area contributed by atoms with Crippen molar-refractivity contribution < 1.29 is 4.74 Å². The molecule has 18 heavy (non-hydrogen) atoms. The van der Waals surface area contributed by atoms with E-state index in [1.165, 1.54) is 0 Å². The van der Waals surface area contributed by atoms with E-state index in [0.29, 0.717) is 26.8 Å². The highest BCUT2D eigenvalue weighted by Gasteiger charge is 2.07. The molecular weight excluding hydrogens is 295 g/mol. The van der Waals surface area contributed by atoms with E-state index in [1.807, 2.05) is 6.92 Å². The first kappa shape index (κ1) is 13.4. The molecule has 0 N–H and O–H groups in total. The third kappa shape index (κ3) is 3.25. The van der Waals surface area contributed by atoms with Gasteiger partial charge < -0.3 is 4.74 Å². The number of aromatic nitrogens is 2. The fourth-order valence-electron chi connectivity index (χ4n) is 1.39. The first-order valence-electron chi connectivity index (χ1n) is 5.13. The average Bonchev–Trinajstić information content (AvgIpc) is 2.30. The minimum atomic E-state index is 0.182. The van der Waals surface area contributed by atoms with Gasteiger partial charge in [0, 0.05) is 5.69 Å². The summed E-state index contributed by atoms with van der Waals surface area (Å²) in [7, 11) is 0. The van der Waals surface area contributed by atoms with Gasteiger partial charge in [-0.15, -0.1) is 0 Å². The van der Waals surface area contributed by atoms with Gasteiger partial charge in [-0.1, -0.05) is 40.9 Å². The van der Waals surface area contributed by atoms with Gasteiger partial charge in [0.1, 0.15) is 22.5 Å². The SMILES string of the molecule is Cc1cc(Cl)nc(COc2cccc(Cl)c2Cl)n1. The van der Waals surface area contributed by atoms with Crippen LogP contribution < -0.4 is 4.74 Å². The molecule has 0 aliphatic heterocycles. The van der Waals surface area contributed by atoms with Crippen molar-refractivity contribution >= 4 is 34.8 Å². The van der Waals surface area contributed by atoms with Crippen LogP contribution in [-0.4, -0.2) is 9.97 Å². The van der Waals surface area contributed by atoms with E-state index in [4.69, 9.17) is 39.5 Å². The summed E-state index contributed by atoms with van der Waals surface area (Å²) in [5.41, 5.74) is 0.783. The van der Waals surface area contributed by atoms with Gasteiger partial charge in [-0.2, -0.15) is 0 Å². The summed E-state index contributed by atoms with van der Waals surface area (Å²) in [6, 6.07) is 6.85. The Labute approximate surface area is 120 Å². The van der Waals surface area contributed by atoms with Crippen LogP contribution in [-0.2, 0) is 6.61 Å². The number of aryl methyl sites for hydroxylation is 1. The molecule has 0 bridgehead atoms. The molecule has 0 radical (unpaired) electrons. The molecule has 0 aliphatic carbocycles. The highest BCUT2D eigenvalue weighted by Crippen LogP contribution is 2.31. The Hall–Kier alpha value is -1.03. The summed E-state index contributed by atoms with van der Waals surface area (Å²) in [5.74, 6) is 0.987. The minimum absolute atomic E-state index is 0.182. The zero-order valence-electron chi connectivity index (χ0n) is 9.45. The van der Waals surface area contributed by atoms with Gasteiger partial charge in [0.15, 0.2) is 5.82 Å². The standard InChI is InChI=1S/C12H9Cl3N2O/c1-7-5-10(14)17-11(16-7)6-18-9-4-2-3-8(13)12(9)15/h2-5H,6H2,1H3. The molecule has 0 saturated carbocycles. The molecule has 3 nitrogen and oxygen atoms in total. The van der Waals surface area contributed by atoms with Crippen LogP contribution in [0.15, 0.2) is 24.3 Å². The van der Waals surface area contributed by atoms with E-state index in [9.17, 15) is 0 Å². The zero-order valence-corrected chi connectivity index (χ0v) is 11.7. The van der Waals surface area contributed by atoms with Crippen molar-refractivity contribution in [1.82, 2.24) is 9.97 Å². The number of ether oxygens (including phenoxy) is 1. The molecule has 0 fully saturated rings. The lowest BCUT2D eigenvalue weighted by molar-refractivity contribution is 0.295. The molecule has 0 amide bonds. The van der Waals surface area contributed by atoms with Gasteiger partial charge in [0.2, 0.25) is 0 Å². The van der Waals surface area contributed by atoms with Gasteiger partial charge in [-0.3, -0.25) is 0 Å². The number of hydrogen-bond donors (Lipinski definition) is 0. The van der Waals surface area contributed by atoms with Crippen LogP contribution in [0.5, 0.6) is 5.75 Å². The lowest BCUT2D eigenvalue weighted by Crippen LogP contribution is -2.03. The monoisotopic (exact) mass is 302 g/mol. The third-order valence-corrected chi connectivity index (χ3v) is 3.14. The second-order valence-corrected chi connectivity index (χ2v) is 4.76. The summed E-state index contributed by atoms with van der Waals surface area (Å²) in [6.07, 6.45) is 0. The molecule has 0 saturated heterocycles. The van der Waals surface area contributed by atoms with Gasteiger partial charge in [-0.05, 0) is 25.1 Å². The van der Waals surface area contributed by atoms with Crippen LogP contribution >= 0.6 is 34.8 Å². The first-order valence-corrected chi connectivity index (χ1v) is 6.26. The van der Waals surface area contributed by atoms with E-state index >= 15 is 0 Å². The van der Waals surface area contributed by atoms with Crippen LogP contribution in [0.2, 0.25) is 15.2 Å². The zero-order chi connectivity index (χ0) is 13.1. The number of hydrogen-bond acceptors (Lipinski definition) is 3. The Morgan fingerprint density at radius 2 is 1.94 bits per heavy atom. The second kappa shape index (κ2) is 5.74. The Balaban J connectivity index is 2.14. The lowest BCUT2D eigenvalue weighted by Gasteiger charge is -2.08. The quantitative estimate of drug-likeness (QED) is 0.792. The maximum atomic E-state index is 6.00. The van der Waals surface area contributed by atoms with Gasteiger partial charge in [0.05, 0.1) is 5.02 Å². The van der Waals surface area contributed by atoms with Crippen LogP contribution in [0.1, 0.15) is 11.5 Å². The highest BCUT2D eigenvalue weighted by molar-refractivity contribution is 6.42. The molecule has 6 heteroatoms. The lowest BCUT2D eigenvalue weighted by atomic mass is 10.3. The summed E-state index contributed by atoms with van der Waals surface area (Å²) in [4.78, 5) is 8.26. The van der Waals surface area contributed by atoms with Crippen molar-refractivity contribution in [3.05, 3.63) is 51.0 Å². The maximum absolute atomic E-state index is 6.00. The van der Waals surface area contributed by atoms with Crippen molar-refractivity contribution in [2.24, 2.45) is 0 Å². The number of halogens is 3. The number of benzene rings is 1. The summed E-state index contributed by atoms with van der Waals surface area (Å²) < 4.78 is 5.51.